The van der Waals surface area contributed by atoms with Crippen molar-refractivity contribution in [1.82, 2.24) is 0 Å². The van der Waals surface area contributed by atoms with Gasteiger partial charge in [-0.3, -0.25) is 4.79 Å². The number of Topliss-reactive ketones (excluding diaryl/α,β-unsaturated/α-hetero) is 1. The highest BCUT2D eigenvalue weighted by Gasteiger charge is 2.06. The van der Waals surface area contributed by atoms with Crippen LogP contribution in [0.15, 0.2) is 29.8 Å². The van der Waals surface area contributed by atoms with Crippen molar-refractivity contribution in [2.24, 2.45) is 0 Å². The zero-order chi connectivity index (χ0) is 11.4. The number of carbonyl (C=O) groups excluding carboxylic acids is 1. The third-order valence-corrected chi connectivity index (χ3v) is 1.98. The molecule has 0 aliphatic heterocycles. The maximum atomic E-state index is 11.4. The molecule has 0 aromatic heterocycles. The molecule has 78 valence electrons. The van der Waals surface area contributed by atoms with Crippen LogP contribution in [-0.2, 0) is 4.79 Å². The Morgan fingerprint density at radius 2 is 1.80 bits per heavy atom. The standard InChI is InChI=1S/C12H13NO2/c1-8(12(15)9(2)13)7-10-3-5-11(14)6-4-10/h3-7,13-14H,1-2H3/b8-7-,13-9?. The van der Waals surface area contributed by atoms with E-state index in [4.69, 9.17) is 10.5 Å². The van der Waals surface area contributed by atoms with Crippen molar-refractivity contribution >= 4 is 17.6 Å². The average molecular weight is 203 g/mol. The number of ketones is 1. The van der Waals surface area contributed by atoms with Gasteiger partial charge in [0.2, 0.25) is 5.78 Å². The molecule has 0 aliphatic rings. The summed E-state index contributed by atoms with van der Waals surface area (Å²) in [5.74, 6) is -0.0672. The van der Waals surface area contributed by atoms with E-state index in [1.165, 1.54) is 6.92 Å². The first kappa shape index (κ1) is 11.2. The van der Waals surface area contributed by atoms with Crippen molar-refractivity contribution in [2.45, 2.75) is 13.8 Å². The first-order valence-electron chi connectivity index (χ1n) is 4.58. The Morgan fingerprint density at radius 3 is 2.27 bits per heavy atom. The summed E-state index contributed by atoms with van der Waals surface area (Å²) in [6.45, 7) is 3.14. The molecule has 3 heteroatoms. The zero-order valence-electron chi connectivity index (χ0n) is 8.74. The van der Waals surface area contributed by atoms with Gasteiger partial charge in [-0.05, 0) is 43.2 Å². The normalized spacial score (nSPS) is 11.2. The number of carbonyl (C=O) groups is 1. The van der Waals surface area contributed by atoms with E-state index < -0.39 is 0 Å². The van der Waals surface area contributed by atoms with Gasteiger partial charge in [-0.2, -0.15) is 0 Å². The van der Waals surface area contributed by atoms with E-state index in [9.17, 15) is 4.79 Å². The predicted molar refractivity (Wildman–Crippen MR) is 60.2 cm³/mol. The average Bonchev–Trinajstić information content (AvgIpc) is 2.20. The Balaban J connectivity index is 2.92. The Kier molecular flexibility index (Phi) is 3.39. The van der Waals surface area contributed by atoms with E-state index in [1.54, 1.807) is 37.3 Å². The van der Waals surface area contributed by atoms with Crippen LogP contribution in [0, 0.1) is 5.41 Å². The summed E-state index contributed by atoms with van der Waals surface area (Å²) in [4.78, 5) is 11.4. The Hall–Kier alpha value is -1.90. The van der Waals surface area contributed by atoms with E-state index in [2.05, 4.69) is 0 Å². The van der Waals surface area contributed by atoms with Gasteiger partial charge in [-0.15, -0.1) is 0 Å². The smallest absolute Gasteiger partial charge is 0.201 e. The maximum absolute atomic E-state index is 11.4. The van der Waals surface area contributed by atoms with Crippen molar-refractivity contribution in [3.63, 3.8) is 0 Å². The lowest BCUT2D eigenvalue weighted by Crippen LogP contribution is -2.09. The third kappa shape index (κ3) is 3.06. The summed E-state index contributed by atoms with van der Waals surface area (Å²) >= 11 is 0. The van der Waals surface area contributed by atoms with Crippen molar-refractivity contribution in [3.8, 4) is 5.75 Å². The zero-order valence-corrected chi connectivity index (χ0v) is 8.74. The molecular formula is C12H13NO2. The molecule has 3 nitrogen and oxygen atoms in total. The minimum absolute atomic E-state index is 0.0301. The second kappa shape index (κ2) is 4.55. The third-order valence-electron chi connectivity index (χ3n) is 1.98. The van der Waals surface area contributed by atoms with Gasteiger partial charge in [0, 0.05) is 0 Å². The van der Waals surface area contributed by atoms with E-state index in [-0.39, 0.29) is 17.2 Å². The molecule has 1 rings (SSSR count). The molecular weight excluding hydrogens is 190 g/mol. The number of benzene rings is 1. The van der Waals surface area contributed by atoms with Gasteiger partial charge in [-0.25, -0.2) is 0 Å². The van der Waals surface area contributed by atoms with E-state index in [1.807, 2.05) is 0 Å². The first-order valence-corrected chi connectivity index (χ1v) is 4.58. The number of hydrogen-bond acceptors (Lipinski definition) is 3. The molecule has 0 saturated heterocycles. The molecule has 0 atom stereocenters. The second-order valence-electron chi connectivity index (χ2n) is 3.37. The molecule has 0 fully saturated rings. The van der Waals surface area contributed by atoms with E-state index in [0.717, 1.165) is 5.56 Å². The summed E-state index contributed by atoms with van der Waals surface area (Å²) in [7, 11) is 0. The monoisotopic (exact) mass is 203 g/mol. The molecule has 15 heavy (non-hydrogen) atoms. The summed E-state index contributed by atoms with van der Waals surface area (Å²) in [5, 5.41) is 16.3. The topological polar surface area (TPSA) is 61.2 Å². The number of aromatic hydroxyl groups is 1. The lowest BCUT2D eigenvalue weighted by Gasteiger charge is -1.99. The van der Waals surface area contributed by atoms with Crippen LogP contribution in [0.2, 0.25) is 0 Å². The van der Waals surface area contributed by atoms with Gasteiger partial charge in [-0.1, -0.05) is 12.1 Å². The Morgan fingerprint density at radius 1 is 1.27 bits per heavy atom. The lowest BCUT2D eigenvalue weighted by atomic mass is 10.1. The van der Waals surface area contributed by atoms with Crippen LogP contribution in [-0.4, -0.2) is 16.6 Å². The van der Waals surface area contributed by atoms with Crippen LogP contribution in [0.25, 0.3) is 6.08 Å². The van der Waals surface area contributed by atoms with Crippen LogP contribution in [0.4, 0.5) is 0 Å². The molecule has 0 bridgehead atoms. The molecule has 1 aromatic rings. The van der Waals surface area contributed by atoms with Gasteiger partial charge in [0.05, 0.1) is 5.71 Å². The SMILES string of the molecule is CC(=N)C(=O)/C(C)=C\c1ccc(O)cc1. The Labute approximate surface area is 88.6 Å². The number of phenolic OH excluding ortho intramolecular Hbond substituents is 1. The minimum Gasteiger partial charge on any atom is -0.508 e. The van der Waals surface area contributed by atoms with Crippen LogP contribution >= 0.6 is 0 Å². The highest BCUT2D eigenvalue weighted by atomic mass is 16.3. The fourth-order valence-corrected chi connectivity index (χ4v) is 1.18. The van der Waals surface area contributed by atoms with Gasteiger partial charge >= 0.3 is 0 Å². The highest BCUT2D eigenvalue weighted by Crippen LogP contribution is 2.13. The van der Waals surface area contributed by atoms with Crippen molar-refractivity contribution < 1.29 is 9.90 Å². The molecule has 0 aliphatic carbocycles. The van der Waals surface area contributed by atoms with Crippen LogP contribution in [0.5, 0.6) is 5.75 Å². The number of phenols is 1. The molecule has 0 spiro atoms. The van der Waals surface area contributed by atoms with Crippen LogP contribution in [0.1, 0.15) is 19.4 Å². The van der Waals surface area contributed by atoms with Crippen molar-refractivity contribution in [3.05, 3.63) is 35.4 Å². The number of hydrogen-bond donors (Lipinski definition) is 2. The maximum Gasteiger partial charge on any atom is 0.201 e. The minimum atomic E-state index is -0.261. The molecule has 0 heterocycles. The van der Waals surface area contributed by atoms with E-state index in [0.29, 0.717) is 5.57 Å². The Bertz CT molecular complexity index is 416. The molecule has 0 saturated carbocycles. The fraction of sp³-hybridized carbons (Fsp3) is 0.167. The number of allylic oxidation sites excluding steroid dienone is 1. The molecule has 0 radical (unpaired) electrons. The number of nitrogens with one attached hydrogen (secondary N) is 1. The van der Waals surface area contributed by atoms with Gasteiger partial charge < -0.3 is 10.5 Å². The highest BCUT2D eigenvalue weighted by molar-refractivity contribution is 6.44. The predicted octanol–water partition coefficient (Wildman–Crippen LogP) is 2.40. The van der Waals surface area contributed by atoms with E-state index >= 15 is 0 Å². The summed E-state index contributed by atoms with van der Waals surface area (Å²) < 4.78 is 0. The quantitative estimate of drug-likeness (QED) is 0.585. The molecule has 1 aromatic carbocycles. The molecule has 2 N–H and O–H groups in total. The van der Waals surface area contributed by atoms with Crippen LogP contribution in [0.3, 0.4) is 0 Å². The van der Waals surface area contributed by atoms with Crippen molar-refractivity contribution in [2.75, 3.05) is 0 Å². The second-order valence-corrected chi connectivity index (χ2v) is 3.37. The first-order chi connectivity index (χ1) is 7.00. The molecule has 0 unspecified atom stereocenters. The summed E-state index contributed by atoms with van der Waals surface area (Å²) in [5.41, 5.74) is 1.38. The lowest BCUT2D eigenvalue weighted by molar-refractivity contribution is -0.109. The summed E-state index contributed by atoms with van der Waals surface area (Å²) in [6, 6.07) is 6.54. The van der Waals surface area contributed by atoms with Crippen molar-refractivity contribution in [1.29, 1.82) is 5.41 Å². The van der Waals surface area contributed by atoms with Gasteiger partial charge in [0.25, 0.3) is 0 Å². The van der Waals surface area contributed by atoms with Gasteiger partial charge in [0.1, 0.15) is 5.75 Å². The van der Waals surface area contributed by atoms with Gasteiger partial charge in [0.15, 0.2) is 0 Å². The fourth-order valence-electron chi connectivity index (χ4n) is 1.18. The number of rotatable bonds is 3. The summed E-state index contributed by atoms with van der Waals surface area (Å²) in [6.07, 6.45) is 1.69. The molecule has 0 amide bonds. The van der Waals surface area contributed by atoms with Crippen LogP contribution < -0.4 is 0 Å². The largest absolute Gasteiger partial charge is 0.508 e.